The fourth-order valence-electron chi connectivity index (χ4n) is 3.88. The van der Waals surface area contributed by atoms with Crippen molar-refractivity contribution in [2.75, 3.05) is 33.2 Å². The predicted octanol–water partition coefficient (Wildman–Crippen LogP) is 0.322. The minimum Gasteiger partial charge on any atom is -0.478 e. The molecule has 2 aliphatic heterocycles. The molecule has 0 bridgehead atoms. The number of rotatable bonds is 7. The van der Waals surface area contributed by atoms with Crippen LogP contribution < -0.4 is 10.6 Å². The first-order chi connectivity index (χ1) is 12.9. The van der Waals surface area contributed by atoms with E-state index in [4.69, 9.17) is 0 Å². The second-order valence-corrected chi connectivity index (χ2v) is 7.02. The second-order valence-electron chi connectivity index (χ2n) is 7.02. The van der Waals surface area contributed by atoms with Gasteiger partial charge in [0.15, 0.2) is 0 Å². The van der Waals surface area contributed by atoms with Gasteiger partial charge in [0.2, 0.25) is 11.8 Å². The molecule has 2 fully saturated rings. The lowest BCUT2D eigenvalue weighted by Gasteiger charge is -2.43. The summed E-state index contributed by atoms with van der Waals surface area (Å²) in [5.74, 6) is -0.921. The average Bonchev–Trinajstić information content (AvgIpc) is 2.85. The van der Waals surface area contributed by atoms with Crippen molar-refractivity contribution in [3.05, 3.63) is 23.8 Å². The van der Waals surface area contributed by atoms with E-state index in [9.17, 15) is 19.5 Å². The number of aliphatic carboxylic acids is 1. The van der Waals surface area contributed by atoms with Crippen LogP contribution in [0.2, 0.25) is 0 Å². The molecule has 8 heteroatoms. The minimum absolute atomic E-state index is 0.00771. The van der Waals surface area contributed by atoms with E-state index < -0.39 is 11.5 Å². The molecule has 150 valence electrons. The second kappa shape index (κ2) is 9.14. The molecule has 8 nitrogen and oxygen atoms in total. The summed E-state index contributed by atoms with van der Waals surface area (Å²) in [5, 5.41) is 15.1. The van der Waals surface area contributed by atoms with Crippen LogP contribution in [0, 0.1) is 0 Å². The van der Waals surface area contributed by atoms with Gasteiger partial charge in [0.1, 0.15) is 5.54 Å². The molecule has 2 aliphatic rings. The van der Waals surface area contributed by atoms with Crippen molar-refractivity contribution in [2.24, 2.45) is 0 Å². The summed E-state index contributed by atoms with van der Waals surface area (Å²) in [7, 11) is 1.74. The zero-order chi connectivity index (χ0) is 20.0. The Morgan fingerprint density at radius 1 is 1.37 bits per heavy atom. The molecule has 1 spiro atoms. The number of carboxylic acid groups (broad SMARTS) is 1. The number of allylic oxidation sites excluding steroid dienone is 1. The van der Waals surface area contributed by atoms with Crippen LogP contribution in [-0.4, -0.2) is 77.6 Å². The number of carbonyl (C=O) groups is 3. The van der Waals surface area contributed by atoms with Crippen molar-refractivity contribution in [1.82, 2.24) is 20.4 Å². The van der Waals surface area contributed by atoms with E-state index in [0.717, 1.165) is 0 Å². The Balaban J connectivity index is 2.09. The van der Waals surface area contributed by atoms with Gasteiger partial charge < -0.3 is 20.6 Å². The van der Waals surface area contributed by atoms with Gasteiger partial charge in [-0.25, -0.2) is 4.79 Å². The predicted molar refractivity (Wildman–Crippen MR) is 102 cm³/mol. The normalized spacial score (nSPS) is 23.2. The topological polar surface area (TPSA) is 102 Å². The molecule has 3 N–H and O–H groups in total. The van der Waals surface area contributed by atoms with Gasteiger partial charge in [-0.1, -0.05) is 25.2 Å². The molecule has 0 aromatic rings. The van der Waals surface area contributed by atoms with Gasteiger partial charge in [0.25, 0.3) is 0 Å². The van der Waals surface area contributed by atoms with E-state index in [1.165, 1.54) is 0 Å². The maximum atomic E-state index is 12.7. The first kappa shape index (κ1) is 21.1. The van der Waals surface area contributed by atoms with Crippen molar-refractivity contribution in [3.8, 4) is 0 Å². The molecule has 2 rings (SSSR count). The fourth-order valence-corrected chi connectivity index (χ4v) is 3.88. The van der Waals surface area contributed by atoms with Crippen molar-refractivity contribution in [1.29, 1.82) is 0 Å². The first-order valence-corrected chi connectivity index (χ1v) is 9.45. The van der Waals surface area contributed by atoms with Crippen LogP contribution in [0.5, 0.6) is 0 Å². The Kier molecular flexibility index (Phi) is 7.15. The lowest BCUT2D eigenvalue weighted by Crippen LogP contribution is -2.58. The number of likely N-dealkylation sites (tertiary alicyclic amines) is 1. The molecule has 1 unspecified atom stereocenters. The quantitative estimate of drug-likeness (QED) is 0.436. The molecule has 27 heavy (non-hydrogen) atoms. The van der Waals surface area contributed by atoms with Crippen LogP contribution in [0.15, 0.2) is 23.8 Å². The molecular formula is C19H30N4O4. The summed E-state index contributed by atoms with van der Waals surface area (Å²) in [4.78, 5) is 39.9. The summed E-state index contributed by atoms with van der Waals surface area (Å²) >= 11 is 0. The van der Waals surface area contributed by atoms with E-state index >= 15 is 0 Å². The Labute approximate surface area is 160 Å². The van der Waals surface area contributed by atoms with Crippen LogP contribution in [0.3, 0.4) is 0 Å². The summed E-state index contributed by atoms with van der Waals surface area (Å²) in [5.41, 5.74) is -0.386. The summed E-state index contributed by atoms with van der Waals surface area (Å²) in [6.07, 6.45) is 6.72. The molecule has 0 aliphatic carbocycles. The number of carbonyl (C=O) groups excluding carboxylic acids is 2. The number of carboxylic acids is 1. The van der Waals surface area contributed by atoms with Gasteiger partial charge in [0, 0.05) is 19.6 Å². The van der Waals surface area contributed by atoms with E-state index in [1.807, 2.05) is 13.8 Å². The van der Waals surface area contributed by atoms with Crippen molar-refractivity contribution >= 4 is 17.8 Å². The van der Waals surface area contributed by atoms with E-state index in [1.54, 1.807) is 30.2 Å². The number of amides is 2. The third-order valence-corrected chi connectivity index (χ3v) is 5.32. The van der Waals surface area contributed by atoms with E-state index in [0.29, 0.717) is 45.4 Å². The van der Waals surface area contributed by atoms with Gasteiger partial charge >= 0.3 is 5.97 Å². The maximum Gasteiger partial charge on any atom is 0.335 e. The van der Waals surface area contributed by atoms with Crippen molar-refractivity contribution in [2.45, 2.75) is 44.8 Å². The van der Waals surface area contributed by atoms with Crippen LogP contribution in [0.1, 0.15) is 33.1 Å². The van der Waals surface area contributed by atoms with Gasteiger partial charge in [-0.05, 0) is 33.2 Å². The summed E-state index contributed by atoms with van der Waals surface area (Å²) in [6.45, 7) is 5.66. The fraction of sp³-hybridized carbons (Fsp3) is 0.632. The SMILES string of the molecule is CC/C=C(\C=C/CN1C(C)NC(=O)C12CCN(C(=O)CNC)CC2)C(=O)O. The van der Waals surface area contributed by atoms with E-state index in [-0.39, 0.29) is 23.6 Å². The highest BCUT2D eigenvalue weighted by atomic mass is 16.4. The average molecular weight is 378 g/mol. The number of likely N-dealkylation sites (N-methyl/N-ethyl adjacent to an activating group) is 1. The summed E-state index contributed by atoms with van der Waals surface area (Å²) in [6, 6.07) is 0. The molecule has 2 amide bonds. The zero-order valence-corrected chi connectivity index (χ0v) is 16.3. The molecule has 2 saturated heterocycles. The van der Waals surface area contributed by atoms with Crippen LogP contribution in [0.4, 0.5) is 0 Å². The Morgan fingerprint density at radius 2 is 2.04 bits per heavy atom. The van der Waals surface area contributed by atoms with E-state index in [2.05, 4.69) is 15.5 Å². The number of nitrogens with one attached hydrogen (secondary N) is 2. The molecule has 0 saturated carbocycles. The number of nitrogens with zero attached hydrogens (tertiary/aromatic N) is 2. The lowest BCUT2D eigenvalue weighted by atomic mass is 9.85. The monoisotopic (exact) mass is 378 g/mol. The largest absolute Gasteiger partial charge is 0.478 e. The molecule has 1 atom stereocenters. The van der Waals surface area contributed by atoms with Crippen molar-refractivity contribution in [3.63, 3.8) is 0 Å². The maximum absolute atomic E-state index is 12.7. The highest BCUT2D eigenvalue weighted by molar-refractivity contribution is 5.90. The molecule has 0 aromatic heterocycles. The van der Waals surface area contributed by atoms with Gasteiger partial charge in [-0.3, -0.25) is 14.5 Å². The first-order valence-electron chi connectivity index (χ1n) is 9.45. The van der Waals surface area contributed by atoms with Crippen molar-refractivity contribution < 1.29 is 19.5 Å². The van der Waals surface area contributed by atoms with Crippen LogP contribution in [-0.2, 0) is 14.4 Å². The molecular weight excluding hydrogens is 348 g/mol. The Morgan fingerprint density at radius 3 is 2.59 bits per heavy atom. The minimum atomic E-state index is -0.956. The zero-order valence-electron chi connectivity index (χ0n) is 16.3. The van der Waals surface area contributed by atoms with Gasteiger partial charge in [-0.2, -0.15) is 0 Å². The Hall–Kier alpha value is -2.19. The number of hydrogen-bond donors (Lipinski definition) is 3. The molecule has 0 radical (unpaired) electrons. The van der Waals surface area contributed by atoms with Gasteiger partial charge in [-0.15, -0.1) is 0 Å². The summed E-state index contributed by atoms with van der Waals surface area (Å²) < 4.78 is 0. The third-order valence-electron chi connectivity index (χ3n) is 5.32. The Bertz CT molecular complexity index is 636. The lowest BCUT2D eigenvalue weighted by molar-refractivity contribution is -0.137. The standard InChI is InChI=1S/C19H30N4O4/c1-4-6-15(17(25)26)7-5-10-23-14(2)21-18(27)19(23)8-11-22(12-9-19)16(24)13-20-3/h5-7,14,20H,4,8-13H2,1-3H3,(H,21,27)(H,25,26)/b7-5-,15-6+. The smallest absolute Gasteiger partial charge is 0.335 e. The number of hydrogen-bond acceptors (Lipinski definition) is 5. The van der Waals surface area contributed by atoms with Crippen LogP contribution in [0.25, 0.3) is 0 Å². The highest BCUT2D eigenvalue weighted by Crippen LogP contribution is 2.34. The molecule has 0 aromatic carbocycles. The van der Waals surface area contributed by atoms with Gasteiger partial charge in [0.05, 0.1) is 18.3 Å². The number of piperidine rings is 1. The highest BCUT2D eigenvalue weighted by Gasteiger charge is 2.52. The van der Waals surface area contributed by atoms with Crippen LogP contribution >= 0.6 is 0 Å². The molecule has 2 heterocycles. The third kappa shape index (κ3) is 4.56.